The number of hydrogen-bond acceptors (Lipinski definition) is 7. The molecule has 8 nitrogen and oxygen atoms in total. The maximum atomic E-state index is 13.5. The molecule has 0 unspecified atom stereocenters. The number of rotatable bonds is 4. The van der Waals surface area contributed by atoms with Crippen LogP contribution >= 0.6 is 22.9 Å². The second kappa shape index (κ2) is 8.65. The molecule has 2 amide bonds. The second-order valence-electron chi connectivity index (χ2n) is 9.09. The zero-order valence-electron chi connectivity index (χ0n) is 19.5. The van der Waals surface area contributed by atoms with Crippen LogP contribution in [0, 0.1) is 0 Å². The van der Waals surface area contributed by atoms with Gasteiger partial charge < -0.3 is 15.5 Å². The molecule has 0 aliphatic carbocycles. The Kier molecular flexibility index (Phi) is 5.79. The molecule has 34 heavy (non-hydrogen) atoms. The van der Waals surface area contributed by atoms with Crippen molar-refractivity contribution in [1.82, 2.24) is 25.1 Å². The van der Waals surface area contributed by atoms with Gasteiger partial charge in [0.15, 0.2) is 5.82 Å². The zero-order valence-corrected chi connectivity index (χ0v) is 21.0. The van der Waals surface area contributed by atoms with Gasteiger partial charge in [0, 0.05) is 5.57 Å². The van der Waals surface area contributed by atoms with E-state index in [0.29, 0.717) is 18.9 Å². The maximum absolute atomic E-state index is 13.5. The standard InChI is InChI=1S/C24H26ClN7OS/c1-24(2)16-12-26-19(28-20-18-17(10-11-34-18)27-22(25)29-20)15(16)13-32(24)23(33)30-21(31(3)4)14-8-6-5-7-9-14/h5-11,21H,12-13H2,1-4H3,(H,30,33)(H,26,27,28,29)/t21-/m1/s1. The van der Waals surface area contributed by atoms with E-state index in [4.69, 9.17) is 16.6 Å². The summed E-state index contributed by atoms with van der Waals surface area (Å²) in [5.74, 6) is 1.37. The van der Waals surface area contributed by atoms with Crippen LogP contribution in [0.4, 0.5) is 10.6 Å². The first-order valence-corrected chi connectivity index (χ1v) is 12.3. The fourth-order valence-corrected chi connectivity index (χ4v) is 5.51. The van der Waals surface area contributed by atoms with E-state index in [9.17, 15) is 4.79 Å². The van der Waals surface area contributed by atoms with Crippen LogP contribution in [0.25, 0.3) is 10.2 Å². The number of amidine groups is 1. The molecule has 0 saturated carbocycles. The number of benzene rings is 1. The van der Waals surface area contributed by atoms with Crippen molar-refractivity contribution in [2.24, 2.45) is 4.99 Å². The molecule has 0 bridgehead atoms. The number of urea groups is 1. The van der Waals surface area contributed by atoms with Crippen LogP contribution in [0.3, 0.4) is 0 Å². The second-order valence-corrected chi connectivity index (χ2v) is 10.3. The molecule has 5 rings (SSSR count). The van der Waals surface area contributed by atoms with Crippen molar-refractivity contribution >= 4 is 50.8 Å². The van der Waals surface area contributed by atoms with Crippen molar-refractivity contribution in [2.75, 3.05) is 32.5 Å². The van der Waals surface area contributed by atoms with E-state index in [0.717, 1.165) is 32.8 Å². The van der Waals surface area contributed by atoms with Crippen LogP contribution in [-0.2, 0) is 0 Å². The lowest BCUT2D eigenvalue weighted by molar-refractivity contribution is 0.152. The summed E-state index contributed by atoms with van der Waals surface area (Å²) >= 11 is 7.68. The summed E-state index contributed by atoms with van der Waals surface area (Å²) in [6.07, 6.45) is -0.235. The Hall–Kier alpha value is -3.01. The molecule has 0 radical (unpaired) electrons. The fourth-order valence-electron chi connectivity index (χ4n) is 4.56. The summed E-state index contributed by atoms with van der Waals surface area (Å²) in [5, 5.41) is 8.71. The van der Waals surface area contributed by atoms with Crippen LogP contribution in [-0.4, -0.2) is 64.4 Å². The summed E-state index contributed by atoms with van der Waals surface area (Å²) in [5.41, 5.74) is 3.52. The van der Waals surface area contributed by atoms with Crippen molar-refractivity contribution < 1.29 is 4.79 Å². The number of halogens is 1. The normalized spacial score (nSPS) is 17.8. The topological polar surface area (TPSA) is 85.8 Å². The molecular formula is C24H26ClN7OS. The quantitative estimate of drug-likeness (QED) is 0.410. The highest BCUT2D eigenvalue weighted by molar-refractivity contribution is 7.17. The monoisotopic (exact) mass is 495 g/mol. The van der Waals surface area contributed by atoms with Crippen LogP contribution in [0.5, 0.6) is 0 Å². The van der Waals surface area contributed by atoms with E-state index >= 15 is 0 Å². The van der Waals surface area contributed by atoms with E-state index in [1.54, 1.807) is 11.3 Å². The number of thiophene rings is 1. The molecular weight excluding hydrogens is 470 g/mol. The lowest BCUT2D eigenvalue weighted by atomic mass is 9.94. The van der Waals surface area contributed by atoms with Gasteiger partial charge in [0.2, 0.25) is 5.28 Å². The minimum Gasteiger partial charge on any atom is -0.324 e. The Balaban J connectivity index is 1.37. The van der Waals surface area contributed by atoms with Gasteiger partial charge in [0.1, 0.15) is 12.0 Å². The van der Waals surface area contributed by atoms with Crippen molar-refractivity contribution in [3.63, 3.8) is 0 Å². The van der Waals surface area contributed by atoms with Gasteiger partial charge in [-0.15, -0.1) is 11.3 Å². The number of amides is 2. The Bertz CT molecular complexity index is 1320. The summed E-state index contributed by atoms with van der Waals surface area (Å²) < 4.78 is 0.921. The van der Waals surface area contributed by atoms with Crippen molar-refractivity contribution in [3.05, 3.63) is 63.8 Å². The fraction of sp³-hybridized carbons (Fsp3) is 0.333. The van der Waals surface area contributed by atoms with Gasteiger partial charge in [-0.2, -0.15) is 4.98 Å². The Morgan fingerprint density at radius 1 is 1.21 bits per heavy atom. The molecule has 176 valence electrons. The predicted molar refractivity (Wildman–Crippen MR) is 138 cm³/mol. The molecule has 10 heteroatoms. The molecule has 3 aromatic rings. The summed E-state index contributed by atoms with van der Waals surface area (Å²) in [6.45, 7) is 5.14. The highest BCUT2D eigenvalue weighted by atomic mass is 35.5. The first-order valence-electron chi connectivity index (χ1n) is 11.0. The van der Waals surface area contributed by atoms with Crippen molar-refractivity contribution in [2.45, 2.75) is 25.6 Å². The number of aliphatic imine (C=N–C) groups is 1. The molecule has 0 fully saturated rings. The van der Waals surface area contributed by atoms with Gasteiger partial charge in [-0.1, -0.05) is 30.3 Å². The van der Waals surface area contributed by atoms with Gasteiger partial charge in [-0.3, -0.25) is 9.89 Å². The molecule has 1 atom stereocenters. The van der Waals surface area contributed by atoms with Crippen molar-refractivity contribution in [1.29, 1.82) is 0 Å². The first-order chi connectivity index (χ1) is 16.3. The van der Waals surface area contributed by atoms with Gasteiger partial charge >= 0.3 is 6.03 Å². The number of anilines is 1. The zero-order chi connectivity index (χ0) is 24.0. The molecule has 2 aliphatic heterocycles. The minimum atomic E-state index is -0.471. The lowest BCUT2D eigenvalue weighted by Gasteiger charge is -2.36. The maximum Gasteiger partial charge on any atom is 0.319 e. The lowest BCUT2D eigenvalue weighted by Crippen LogP contribution is -2.52. The molecule has 0 spiro atoms. The summed E-state index contributed by atoms with van der Waals surface area (Å²) in [4.78, 5) is 30.8. The van der Waals surface area contributed by atoms with Crippen LogP contribution in [0.2, 0.25) is 5.28 Å². The van der Waals surface area contributed by atoms with E-state index in [2.05, 4.69) is 34.4 Å². The molecule has 2 aliphatic rings. The third kappa shape index (κ3) is 3.93. The van der Waals surface area contributed by atoms with Gasteiger partial charge in [0.25, 0.3) is 0 Å². The van der Waals surface area contributed by atoms with Gasteiger partial charge in [0.05, 0.1) is 28.8 Å². The number of nitrogens with zero attached hydrogens (tertiary/aromatic N) is 5. The Morgan fingerprint density at radius 2 is 1.97 bits per heavy atom. The Morgan fingerprint density at radius 3 is 2.71 bits per heavy atom. The summed E-state index contributed by atoms with van der Waals surface area (Å²) in [6, 6.07) is 11.8. The SMILES string of the molecule is CN(C)[C@@H](NC(=O)N1CC2=C(CN=C2Nc2nc(Cl)nc3ccsc23)C1(C)C)c1ccccc1. The van der Waals surface area contributed by atoms with Crippen molar-refractivity contribution in [3.8, 4) is 0 Å². The molecule has 2 N–H and O–H groups in total. The number of hydrogen-bond donors (Lipinski definition) is 2. The molecule has 2 aromatic heterocycles. The third-order valence-corrected chi connectivity index (χ3v) is 7.50. The highest BCUT2D eigenvalue weighted by Crippen LogP contribution is 2.39. The molecule has 0 saturated heterocycles. The van der Waals surface area contributed by atoms with E-state index in [1.165, 1.54) is 0 Å². The largest absolute Gasteiger partial charge is 0.324 e. The number of aromatic nitrogens is 2. The third-order valence-electron chi connectivity index (χ3n) is 6.43. The number of carbonyl (C=O) groups excluding carboxylic acids is 1. The van der Waals surface area contributed by atoms with E-state index in [1.807, 2.05) is 65.7 Å². The summed E-state index contributed by atoms with van der Waals surface area (Å²) in [7, 11) is 3.91. The minimum absolute atomic E-state index is 0.118. The highest BCUT2D eigenvalue weighted by Gasteiger charge is 2.46. The average Bonchev–Trinajstić information content (AvgIpc) is 3.48. The van der Waals surface area contributed by atoms with Gasteiger partial charge in [-0.05, 0) is 62.1 Å². The Labute approximate surface area is 207 Å². The number of nitrogens with one attached hydrogen (secondary N) is 2. The number of fused-ring (bicyclic) bond motifs is 1. The molecule has 4 heterocycles. The van der Waals surface area contributed by atoms with E-state index < -0.39 is 5.54 Å². The average molecular weight is 496 g/mol. The van der Waals surface area contributed by atoms with E-state index in [-0.39, 0.29) is 17.5 Å². The van der Waals surface area contributed by atoms with Gasteiger partial charge in [-0.25, -0.2) is 9.78 Å². The van der Waals surface area contributed by atoms with Crippen LogP contribution in [0.1, 0.15) is 25.6 Å². The smallest absolute Gasteiger partial charge is 0.319 e. The first kappa shape index (κ1) is 22.8. The molecule has 1 aromatic carbocycles. The van der Waals surface area contributed by atoms with Crippen LogP contribution < -0.4 is 10.6 Å². The number of carbonyl (C=O) groups is 1. The predicted octanol–water partition coefficient (Wildman–Crippen LogP) is 4.53. The van der Waals surface area contributed by atoms with Crippen LogP contribution in [0.15, 0.2) is 57.9 Å².